The fourth-order valence-corrected chi connectivity index (χ4v) is 1.60. The molecule has 14 heavy (non-hydrogen) atoms. The van der Waals surface area contributed by atoms with Gasteiger partial charge in [0, 0.05) is 31.0 Å². The lowest BCUT2D eigenvalue weighted by atomic mass is 10.1. The third kappa shape index (κ3) is 1.79. The summed E-state index contributed by atoms with van der Waals surface area (Å²) in [5, 5.41) is 3.19. The summed E-state index contributed by atoms with van der Waals surface area (Å²) in [7, 11) is 1.95. The number of hydrogen-bond donors (Lipinski definition) is 2. The van der Waals surface area contributed by atoms with E-state index in [0.717, 1.165) is 6.42 Å². The minimum atomic E-state index is 0.948. The van der Waals surface area contributed by atoms with Crippen LogP contribution >= 0.6 is 0 Å². The van der Waals surface area contributed by atoms with E-state index in [0.29, 0.717) is 0 Å². The van der Waals surface area contributed by atoms with E-state index in [4.69, 9.17) is 0 Å². The first-order valence-corrected chi connectivity index (χ1v) is 4.78. The summed E-state index contributed by atoms with van der Waals surface area (Å²) in [5.74, 6) is 0. The third-order valence-electron chi connectivity index (χ3n) is 2.33. The first-order valence-electron chi connectivity index (χ1n) is 4.78. The Morgan fingerprint density at radius 2 is 2.00 bits per heavy atom. The van der Waals surface area contributed by atoms with Crippen molar-refractivity contribution in [3.05, 3.63) is 53.9 Å². The first kappa shape index (κ1) is 8.88. The lowest BCUT2D eigenvalue weighted by molar-refractivity contribution is 1.11. The molecule has 2 heteroatoms. The van der Waals surface area contributed by atoms with Gasteiger partial charge in [0.1, 0.15) is 0 Å². The lowest BCUT2D eigenvalue weighted by Crippen LogP contribution is -1.96. The van der Waals surface area contributed by atoms with E-state index in [-0.39, 0.29) is 0 Å². The first-order chi connectivity index (χ1) is 6.90. The van der Waals surface area contributed by atoms with Gasteiger partial charge in [-0.15, -0.1) is 0 Å². The summed E-state index contributed by atoms with van der Waals surface area (Å²) >= 11 is 0. The van der Waals surface area contributed by atoms with Crippen LogP contribution in [0.25, 0.3) is 0 Å². The van der Waals surface area contributed by atoms with Gasteiger partial charge in [-0.3, -0.25) is 0 Å². The van der Waals surface area contributed by atoms with Crippen molar-refractivity contribution in [2.45, 2.75) is 6.42 Å². The molecule has 0 amide bonds. The molecule has 0 unspecified atom stereocenters. The summed E-state index contributed by atoms with van der Waals surface area (Å²) in [5.41, 5.74) is 3.76. The molecule has 72 valence electrons. The quantitative estimate of drug-likeness (QED) is 0.757. The molecule has 0 bridgehead atoms. The zero-order valence-corrected chi connectivity index (χ0v) is 8.25. The van der Waals surface area contributed by atoms with Crippen LogP contribution in [0.3, 0.4) is 0 Å². The van der Waals surface area contributed by atoms with E-state index in [1.165, 1.54) is 16.9 Å². The minimum absolute atomic E-state index is 0.948. The molecule has 0 fully saturated rings. The fourth-order valence-electron chi connectivity index (χ4n) is 1.60. The zero-order chi connectivity index (χ0) is 9.80. The van der Waals surface area contributed by atoms with Gasteiger partial charge < -0.3 is 10.3 Å². The Hall–Kier alpha value is -1.70. The third-order valence-corrected chi connectivity index (χ3v) is 2.33. The highest BCUT2D eigenvalue weighted by Crippen LogP contribution is 2.17. The van der Waals surface area contributed by atoms with Crippen LogP contribution in [-0.4, -0.2) is 12.0 Å². The average molecular weight is 186 g/mol. The largest absolute Gasteiger partial charge is 0.388 e. The molecule has 2 N–H and O–H groups in total. The van der Waals surface area contributed by atoms with E-state index in [2.05, 4.69) is 34.6 Å². The summed E-state index contributed by atoms with van der Waals surface area (Å²) in [6.45, 7) is 0. The summed E-state index contributed by atoms with van der Waals surface area (Å²) in [4.78, 5) is 3.21. The second-order valence-electron chi connectivity index (χ2n) is 3.28. The second kappa shape index (κ2) is 4.01. The molecule has 0 spiro atoms. The van der Waals surface area contributed by atoms with Gasteiger partial charge in [0.15, 0.2) is 0 Å². The molecule has 1 aromatic heterocycles. The van der Waals surface area contributed by atoms with Gasteiger partial charge in [0.05, 0.1) is 0 Å². The molecular weight excluding hydrogens is 172 g/mol. The maximum Gasteiger partial charge on any atom is 0.0374 e. The van der Waals surface area contributed by atoms with Crippen LogP contribution in [-0.2, 0) is 6.42 Å². The number of nitrogens with one attached hydrogen (secondary N) is 2. The number of benzene rings is 1. The molecule has 0 saturated heterocycles. The van der Waals surface area contributed by atoms with Gasteiger partial charge >= 0.3 is 0 Å². The minimum Gasteiger partial charge on any atom is -0.388 e. The standard InChI is InChI=1S/C12H14N2/c1-13-12-7-3-2-5-10(12)9-11-6-4-8-14-11/h2-8,13-14H,9H2,1H3. The number of para-hydroxylation sites is 1. The van der Waals surface area contributed by atoms with Crippen molar-refractivity contribution < 1.29 is 0 Å². The van der Waals surface area contributed by atoms with Gasteiger partial charge in [0.2, 0.25) is 0 Å². The summed E-state index contributed by atoms with van der Waals surface area (Å²) in [6.07, 6.45) is 2.90. The topological polar surface area (TPSA) is 27.8 Å². The van der Waals surface area contributed by atoms with Crippen LogP contribution in [0.4, 0.5) is 5.69 Å². The van der Waals surface area contributed by atoms with Gasteiger partial charge in [-0.25, -0.2) is 0 Å². The number of aromatic nitrogens is 1. The molecule has 1 aromatic carbocycles. The second-order valence-corrected chi connectivity index (χ2v) is 3.28. The molecule has 2 nitrogen and oxygen atoms in total. The Balaban J connectivity index is 2.24. The molecular formula is C12H14N2. The van der Waals surface area contributed by atoms with Crippen LogP contribution in [0.2, 0.25) is 0 Å². The van der Waals surface area contributed by atoms with Crippen molar-refractivity contribution in [1.82, 2.24) is 4.98 Å². The van der Waals surface area contributed by atoms with Gasteiger partial charge in [0.25, 0.3) is 0 Å². The highest BCUT2D eigenvalue weighted by molar-refractivity contribution is 5.51. The number of H-pyrrole nitrogens is 1. The van der Waals surface area contributed by atoms with Gasteiger partial charge in [-0.05, 0) is 23.8 Å². The Labute approximate surface area is 84.0 Å². The molecule has 0 aliphatic rings. The molecule has 1 heterocycles. The Bertz CT molecular complexity index is 390. The molecule has 0 radical (unpaired) electrons. The average Bonchev–Trinajstić information content (AvgIpc) is 2.71. The molecule has 0 aliphatic heterocycles. The van der Waals surface area contributed by atoms with Crippen LogP contribution in [0.1, 0.15) is 11.3 Å². The molecule has 2 rings (SSSR count). The van der Waals surface area contributed by atoms with Crippen molar-refractivity contribution in [1.29, 1.82) is 0 Å². The Kier molecular flexibility index (Phi) is 2.54. The summed E-state index contributed by atoms with van der Waals surface area (Å²) < 4.78 is 0. The van der Waals surface area contributed by atoms with Crippen LogP contribution in [0, 0.1) is 0 Å². The molecule has 0 saturated carbocycles. The van der Waals surface area contributed by atoms with Crippen LogP contribution in [0.15, 0.2) is 42.6 Å². The van der Waals surface area contributed by atoms with E-state index in [9.17, 15) is 0 Å². The fraction of sp³-hybridized carbons (Fsp3) is 0.167. The van der Waals surface area contributed by atoms with Crippen molar-refractivity contribution in [3.8, 4) is 0 Å². The van der Waals surface area contributed by atoms with E-state index in [1.54, 1.807) is 0 Å². The van der Waals surface area contributed by atoms with E-state index >= 15 is 0 Å². The Morgan fingerprint density at radius 3 is 2.71 bits per heavy atom. The van der Waals surface area contributed by atoms with Gasteiger partial charge in [-0.1, -0.05) is 18.2 Å². The number of rotatable bonds is 3. The number of hydrogen-bond acceptors (Lipinski definition) is 1. The molecule has 2 aromatic rings. The maximum atomic E-state index is 3.21. The Morgan fingerprint density at radius 1 is 1.14 bits per heavy atom. The maximum absolute atomic E-state index is 3.21. The normalized spacial score (nSPS) is 10.1. The van der Waals surface area contributed by atoms with Crippen molar-refractivity contribution in [2.75, 3.05) is 12.4 Å². The zero-order valence-electron chi connectivity index (χ0n) is 8.25. The van der Waals surface area contributed by atoms with E-state index in [1.807, 2.05) is 25.4 Å². The SMILES string of the molecule is CNc1ccccc1Cc1ccc[nH]1. The number of anilines is 1. The molecule has 0 aliphatic carbocycles. The van der Waals surface area contributed by atoms with Crippen LogP contribution in [0.5, 0.6) is 0 Å². The predicted molar refractivity (Wildman–Crippen MR) is 59.6 cm³/mol. The number of aromatic amines is 1. The monoisotopic (exact) mass is 186 g/mol. The highest BCUT2D eigenvalue weighted by Gasteiger charge is 2.00. The summed E-state index contributed by atoms with van der Waals surface area (Å²) in [6, 6.07) is 12.5. The van der Waals surface area contributed by atoms with Gasteiger partial charge in [-0.2, -0.15) is 0 Å². The highest BCUT2D eigenvalue weighted by atomic mass is 14.8. The smallest absolute Gasteiger partial charge is 0.0374 e. The molecule has 0 atom stereocenters. The van der Waals surface area contributed by atoms with E-state index < -0.39 is 0 Å². The van der Waals surface area contributed by atoms with Crippen molar-refractivity contribution in [2.24, 2.45) is 0 Å². The van der Waals surface area contributed by atoms with Crippen LogP contribution < -0.4 is 5.32 Å². The van der Waals surface area contributed by atoms with Crippen molar-refractivity contribution in [3.63, 3.8) is 0 Å². The predicted octanol–water partition coefficient (Wildman–Crippen LogP) is 2.65. The van der Waals surface area contributed by atoms with Crippen molar-refractivity contribution >= 4 is 5.69 Å². The lowest BCUT2D eigenvalue weighted by Gasteiger charge is -2.07.